The number of benzene rings is 1. The Hall–Kier alpha value is -1.01. The van der Waals surface area contributed by atoms with Crippen molar-refractivity contribution in [2.75, 3.05) is 43.5 Å². The van der Waals surface area contributed by atoms with Gasteiger partial charge in [-0.25, -0.2) is 0 Å². The fourth-order valence-corrected chi connectivity index (χ4v) is 2.19. The second-order valence-corrected chi connectivity index (χ2v) is 5.09. The number of hydrazine groups is 1. The third-order valence-corrected chi connectivity index (χ3v) is 3.44. The molecule has 0 atom stereocenters. The van der Waals surface area contributed by atoms with Crippen LogP contribution in [0.5, 0.6) is 0 Å². The number of aliphatic hydroxyl groups is 1. The van der Waals surface area contributed by atoms with Gasteiger partial charge in [0.05, 0.1) is 17.3 Å². The molecule has 0 aliphatic carbocycles. The fourth-order valence-electron chi connectivity index (χ4n) is 1.96. The predicted molar refractivity (Wildman–Crippen MR) is 86.2 cm³/mol. The van der Waals surface area contributed by atoms with Crippen molar-refractivity contribution in [3.05, 3.63) is 23.2 Å². The van der Waals surface area contributed by atoms with Crippen LogP contribution in [0.25, 0.3) is 0 Å². The van der Waals surface area contributed by atoms with E-state index in [0.717, 1.165) is 38.3 Å². The Morgan fingerprint density at radius 2 is 2.10 bits per heavy atom. The van der Waals surface area contributed by atoms with Crippen LogP contribution >= 0.6 is 11.6 Å². The summed E-state index contributed by atoms with van der Waals surface area (Å²) in [5.41, 5.74) is 4.22. The zero-order chi connectivity index (χ0) is 14.8. The van der Waals surface area contributed by atoms with Crippen LogP contribution in [0.15, 0.2) is 18.2 Å². The maximum absolute atomic E-state index is 9.05. The van der Waals surface area contributed by atoms with Crippen molar-refractivity contribution < 1.29 is 5.11 Å². The van der Waals surface area contributed by atoms with E-state index in [4.69, 9.17) is 22.6 Å². The summed E-state index contributed by atoms with van der Waals surface area (Å²) in [6, 6.07) is 5.62. The highest BCUT2D eigenvalue weighted by molar-refractivity contribution is 6.33. The SMILES string of the molecule is CCCCN(CCO)CCNc1ccc(NN)c(Cl)c1. The van der Waals surface area contributed by atoms with E-state index in [2.05, 4.69) is 22.6 Å². The van der Waals surface area contributed by atoms with Crippen LogP contribution in [-0.2, 0) is 0 Å². The normalized spacial score (nSPS) is 10.8. The highest BCUT2D eigenvalue weighted by Crippen LogP contribution is 2.24. The van der Waals surface area contributed by atoms with Gasteiger partial charge in [0.1, 0.15) is 0 Å². The van der Waals surface area contributed by atoms with Crippen molar-refractivity contribution in [1.29, 1.82) is 0 Å². The van der Waals surface area contributed by atoms with Crippen LogP contribution < -0.4 is 16.6 Å². The van der Waals surface area contributed by atoms with Crippen LogP contribution in [0, 0.1) is 0 Å². The summed E-state index contributed by atoms with van der Waals surface area (Å²) in [6.07, 6.45) is 2.32. The van der Waals surface area contributed by atoms with Crippen molar-refractivity contribution in [3.63, 3.8) is 0 Å². The molecule has 1 rings (SSSR count). The molecule has 0 heterocycles. The van der Waals surface area contributed by atoms with Gasteiger partial charge in [0.2, 0.25) is 0 Å². The van der Waals surface area contributed by atoms with E-state index >= 15 is 0 Å². The van der Waals surface area contributed by atoms with Crippen LogP contribution in [-0.4, -0.2) is 42.8 Å². The third-order valence-electron chi connectivity index (χ3n) is 3.13. The summed E-state index contributed by atoms with van der Waals surface area (Å²) in [4.78, 5) is 2.26. The summed E-state index contributed by atoms with van der Waals surface area (Å²) < 4.78 is 0. The number of anilines is 2. The van der Waals surface area contributed by atoms with E-state index in [-0.39, 0.29) is 6.61 Å². The molecule has 0 fully saturated rings. The van der Waals surface area contributed by atoms with E-state index < -0.39 is 0 Å². The van der Waals surface area contributed by atoms with Crippen molar-refractivity contribution in [1.82, 2.24) is 4.90 Å². The van der Waals surface area contributed by atoms with Gasteiger partial charge in [-0.15, -0.1) is 0 Å². The maximum atomic E-state index is 9.05. The molecule has 0 saturated carbocycles. The number of hydrogen-bond acceptors (Lipinski definition) is 5. The lowest BCUT2D eigenvalue weighted by molar-refractivity contribution is 0.198. The Morgan fingerprint density at radius 3 is 2.70 bits per heavy atom. The zero-order valence-corrected chi connectivity index (χ0v) is 12.8. The van der Waals surface area contributed by atoms with E-state index in [1.54, 1.807) is 0 Å². The standard InChI is InChI=1S/C14H25ClN4O/c1-2-3-7-19(9-10-20)8-6-17-12-4-5-14(18-16)13(15)11-12/h4-5,11,17-18,20H,2-3,6-10,16H2,1H3. The molecule has 1 aromatic rings. The first-order valence-corrected chi connectivity index (χ1v) is 7.42. The largest absolute Gasteiger partial charge is 0.395 e. The molecule has 0 aromatic heterocycles. The Labute approximate surface area is 126 Å². The molecule has 0 unspecified atom stereocenters. The van der Waals surface area contributed by atoms with Crippen LogP contribution in [0.2, 0.25) is 5.02 Å². The van der Waals surface area contributed by atoms with Gasteiger partial charge in [-0.05, 0) is 31.2 Å². The number of nitrogens with zero attached hydrogens (tertiary/aromatic N) is 1. The minimum Gasteiger partial charge on any atom is -0.395 e. The van der Waals surface area contributed by atoms with E-state index in [1.807, 2.05) is 18.2 Å². The van der Waals surface area contributed by atoms with Crippen LogP contribution in [0.1, 0.15) is 19.8 Å². The number of nitrogen functional groups attached to an aromatic ring is 1. The molecule has 1 aromatic carbocycles. The average Bonchev–Trinajstić information content (AvgIpc) is 2.45. The zero-order valence-electron chi connectivity index (χ0n) is 12.0. The van der Waals surface area contributed by atoms with Crippen molar-refractivity contribution in [3.8, 4) is 0 Å². The fraction of sp³-hybridized carbons (Fsp3) is 0.571. The van der Waals surface area contributed by atoms with Gasteiger partial charge < -0.3 is 15.8 Å². The first-order valence-electron chi connectivity index (χ1n) is 7.04. The average molecular weight is 301 g/mol. The first-order chi connectivity index (χ1) is 9.71. The van der Waals surface area contributed by atoms with E-state index in [1.165, 1.54) is 6.42 Å². The smallest absolute Gasteiger partial charge is 0.0673 e. The maximum Gasteiger partial charge on any atom is 0.0673 e. The molecular weight excluding hydrogens is 276 g/mol. The van der Waals surface area contributed by atoms with Gasteiger partial charge in [0, 0.05) is 25.3 Å². The molecule has 0 spiro atoms. The number of hydrogen-bond donors (Lipinski definition) is 4. The molecule has 5 N–H and O–H groups in total. The van der Waals surface area contributed by atoms with Gasteiger partial charge in [-0.1, -0.05) is 24.9 Å². The summed E-state index contributed by atoms with van der Waals surface area (Å²) in [5.74, 6) is 5.34. The van der Waals surface area contributed by atoms with Gasteiger partial charge >= 0.3 is 0 Å². The van der Waals surface area contributed by atoms with Crippen LogP contribution in [0.4, 0.5) is 11.4 Å². The lowest BCUT2D eigenvalue weighted by atomic mass is 10.2. The number of aliphatic hydroxyl groups excluding tert-OH is 1. The van der Waals surface area contributed by atoms with Gasteiger partial charge in [0.15, 0.2) is 0 Å². The summed E-state index contributed by atoms with van der Waals surface area (Å²) in [5, 5.41) is 13.0. The highest BCUT2D eigenvalue weighted by Gasteiger charge is 2.04. The van der Waals surface area contributed by atoms with Gasteiger partial charge in [-0.2, -0.15) is 0 Å². The molecular formula is C14H25ClN4O. The van der Waals surface area contributed by atoms with Crippen molar-refractivity contribution >= 4 is 23.0 Å². The van der Waals surface area contributed by atoms with Crippen LogP contribution in [0.3, 0.4) is 0 Å². The Balaban J connectivity index is 2.39. The van der Waals surface area contributed by atoms with E-state index in [9.17, 15) is 0 Å². The minimum atomic E-state index is 0.201. The first kappa shape index (κ1) is 17.0. The highest BCUT2D eigenvalue weighted by atomic mass is 35.5. The minimum absolute atomic E-state index is 0.201. The van der Waals surface area contributed by atoms with Gasteiger partial charge in [-0.3, -0.25) is 10.7 Å². The Kier molecular flexibility index (Phi) is 8.37. The second-order valence-electron chi connectivity index (χ2n) is 4.68. The topological polar surface area (TPSA) is 73.5 Å². The number of nitrogens with one attached hydrogen (secondary N) is 2. The molecule has 0 bridgehead atoms. The molecule has 0 radical (unpaired) electrons. The molecule has 0 amide bonds. The molecule has 20 heavy (non-hydrogen) atoms. The number of halogens is 1. The summed E-state index contributed by atoms with van der Waals surface area (Å²) in [7, 11) is 0. The molecule has 5 nitrogen and oxygen atoms in total. The summed E-state index contributed by atoms with van der Waals surface area (Å²) >= 11 is 6.06. The third kappa shape index (κ3) is 5.96. The summed E-state index contributed by atoms with van der Waals surface area (Å²) in [6.45, 7) is 5.83. The molecule has 0 saturated heterocycles. The predicted octanol–water partition coefficient (Wildman–Crippen LogP) is 2.13. The molecule has 114 valence electrons. The van der Waals surface area contributed by atoms with E-state index in [0.29, 0.717) is 10.7 Å². The number of rotatable bonds is 10. The molecule has 0 aliphatic rings. The lowest BCUT2D eigenvalue weighted by Crippen LogP contribution is -2.32. The number of unbranched alkanes of at least 4 members (excludes halogenated alkanes) is 1. The molecule has 0 aliphatic heterocycles. The quantitative estimate of drug-likeness (QED) is 0.393. The van der Waals surface area contributed by atoms with Crippen molar-refractivity contribution in [2.24, 2.45) is 5.84 Å². The Bertz CT molecular complexity index is 389. The number of nitrogens with two attached hydrogens (primary N) is 1. The lowest BCUT2D eigenvalue weighted by Gasteiger charge is -2.21. The Morgan fingerprint density at radius 1 is 1.30 bits per heavy atom. The molecule has 6 heteroatoms. The van der Waals surface area contributed by atoms with Crippen molar-refractivity contribution in [2.45, 2.75) is 19.8 Å². The second kappa shape index (κ2) is 9.83. The van der Waals surface area contributed by atoms with Gasteiger partial charge in [0.25, 0.3) is 0 Å². The monoisotopic (exact) mass is 300 g/mol.